The number of nitrogens with one attached hydrogen (secondary N) is 2. The average molecular weight is 312 g/mol. The fourth-order valence-electron chi connectivity index (χ4n) is 2.31. The zero-order valence-electron chi connectivity index (χ0n) is 12.4. The molecule has 0 spiro atoms. The summed E-state index contributed by atoms with van der Waals surface area (Å²) in [5, 5.41) is 6.06. The highest BCUT2D eigenvalue weighted by Gasteiger charge is 2.24. The Morgan fingerprint density at radius 2 is 1.91 bits per heavy atom. The van der Waals surface area contributed by atoms with Gasteiger partial charge in [-0.1, -0.05) is 0 Å². The Balaban J connectivity index is 1.50. The highest BCUT2D eigenvalue weighted by Crippen LogP contribution is 2.33. The molecule has 2 N–H and O–H groups in total. The third-order valence-electron chi connectivity index (χ3n) is 3.63. The van der Waals surface area contributed by atoms with E-state index < -0.39 is 0 Å². The highest BCUT2D eigenvalue weighted by molar-refractivity contribution is 5.93. The van der Waals surface area contributed by atoms with Crippen molar-refractivity contribution in [3.8, 4) is 11.5 Å². The summed E-state index contributed by atoms with van der Waals surface area (Å²) in [4.78, 5) is 20.2. The van der Waals surface area contributed by atoms with Crippen LogP contribution in [-0.2, 0) is 0 Å². The van der Waals surface area contributed by atoms with Gasteiger partial charge in [-0.05, 0) is 25.0 Å². The molecule has 1 aliphatic carbocycles. The molecular formula is C16H16N4O3. The smallest absolute Gasteiger partial charge is 0.270 e. The van der Waals surface area contributed by atoms with Crippen LogP contribution in [0.2, 0.25) is 0 Å². The van der Waals surface area contributed by atoms with Crippen molar-refractivity contribution >= 4 is 17.4 Å². The minimum atomic E-state index is -0.167. The third-order valence-corrected chi connectivity index (χ3v) is 3.63. The standard InChI is InChI=1S/C16H16N4O3/c21-16(20-10-1-2-10)12-8-15(18-9-17-12)19-11-3-4-13-14(7-11)23-6-5-22-13/h3-4,7-10H,1-2,5-6H2,(H,20,21)(H,17,18,19). The maximum Gasteiger partial charge on any atom is 0.270 e. The minimum Gasteiger partial charge on any atom is -0.486 e. The molecule has 0 atom stereocenters. The van der Waals surface area contributed by atoms with E-state index in [9.17, 15) is 4.79 Å². The van der Waals surface area contributed by atoms with Gasteiger partial charge in [-0.3, -0.25) is 4.79 Å². The van der Waals surface area contributed by atoms with Crippen molar-refractivity contribution in [3.63, 3.8) is 0 Å². The lowest BCUT2D eigenvalue weighted by molar-refractivity contribution is 0.0946. The molecule has 2 aromatic rings. The van der Waals surface area contributed by atoms with Gasteiger partial charge in [-0.25, -0.2) is 9.97 Å². The lowest BCUT2D eigenvalue weighted by Crippen LogP contribution is -2.26. The van der Waals surface area contributed by atoms with E-state index >= 15 is 0 Å². The number of benzene rings is 1. The van der Waals surface area contributed by atoms with Crippen LogP contribution in [-0.4, -0.2) is 35.1 Å². The number of hydrogen-bond donors (Lipinski definition) is 2. The normalized spacial score (nSPS) is 15.8. The summed E-state index contributed by atoms with van der Waals surface area (Å²) in [7, 11) is 0. The number of rotatable bonds is 4. The zero-order valence-corrected chi connectivity index (χ0v) is 12.4. The summed E-state index contributed by atoms with van der Waals surface area (Å²) in [6, 6.07) is 7.50. The largest absolute Gasteiger partial charge is 0.486 e. The molecule has 1 aromatic heterocycles. The Kier molecular flexibility index (Phi) is 3.45. The van der Waals surface area contributed by atoms with E-state index in [0.717, 1.165) is 24.3 Å². The number of ether oxygens (including phenoxy) is 2. The quantitative estimate of drug-likeness (QED) is 0.896. The fraction of sp³-hybridized carbons (Fsp3) is 0.312. The number of nitrogens with zero attached hydrogens (tertiary/aromatic N) is 2. The molecule has 0 saturated heterocycles. The van der Waals surface area contributed by atoms with Gasteiger partial charge in [0.25, 0.3) is 5.91 Å². The summed E-state index contributed by atoms with van der Waals surface area (Å²) in [6.45, 7) is 1.10. The molecule has 118 valence electrons. The molecule has 4 rings (SSSR count). The van der Waals surface area contributed by atoms with Crippen LogP contribution in [0.25, 0.3) is 0 Å². The van der Waals surface area contributed by atoms with Gasteiger partial charge in [0.2, 0.25) is 0 Å². The van der Waals surface area contributed by atoms with Gasteiger partial charge in [0.15, 0.2) is 11.5 Å². The Bertz CT molecular complexity index is 746. The molecule has 1 amide bonds. The van der Waals surface area contributed by atoms with Crippen LogP contribution in [0.4, 0.5) is 11.5 Å². The number of anilines is 2. The molecule has 7 heteroatoms. The number of fused-ring (bicyclic) bond motifs is 1. The summed E-state index contributed by atoms with van der Waals surface area (Å²) >= 11 is 0. The Morgan fingerprint density at radius 1 is 1.09 bits per heavy atom. The first-order valence-electron chi connectivity index (χ1n) is 7.57. The van der Waals surface area contributed by atoms with Gasteiger partial charge in [0, 0.05) is 23.9 Å². The van der Waals surface area contributed by atoms with Gasteiger partial charge in [0.05, 0.1) is 0 Å². The van der Waals surface area contributed by atoms with Crippen LogP contribution < -0.4 is 20.1 Å². The second-order valence-electron chi connectivity index (χ2n) is 5.52. The molecule has 2 heterocycles. The molecule has 0 radical (unpaired) electrons. The summed E-state index contributed by atoms with van der Waals surface area (Å²) in [5.41, 5.74) is 1.16. The lowest BCUT2D eigenvalue weighted by atomic mass is 10.2. The van der Waals surface area contributed by atoms with E-state index in [-0.39, 0.29) is 5.91 Å². The van der Waals surface area contributed by atoms with Gasteiger partial charge in [0.1, 0.15) is 31.1 Å². The van der Waals surface area contributed by atoms with E-state index in [1.54, 1.807) is 6.07 Å². The maximum absolute atomic E-state index is 12.0. The van der Waals surface area contributed by atoms with Crippen molar-refractivity contribution in [2.75, 3.05) is 18.5 Å². The first-order valence-corrected chi connectivity index (χ1v) is 7.57. The second kappa shape index (κ2) is 5.75. The van der Waals surface area contributed by atoms with Crippen LogP contribution in [0.3, 0.4) is 0 Å². The van der Waals surface area contributed by atoms with Gasteiger partial charge in [-0.15, -0.1) is 0 Å². The van der Waals surface area contributed by atoms with Crippen molar-refractivity contribution in [2.45, 2.75) is 18.9 Å². The number of carbonyl (C=O) groups is 1. The lowest BCUT2D eigenvalue weighted by Gasteiger charge is -2.19. The van der Waals surface area contributed by atoms with E-state index in [0.29, 0.717) is 36.5 Å². The molecule has 1 saturated carbocycles. The molecule has 0 unspecified atom stereocenters. The van der Waals surface area contributed by atoms with Crippen LogP contribution in [0.1, 0.15) is 23.3 Å². The van der Waals surface area contributed by atoms with Crippen molar-refractivity contribution in [3.05, 3.63) is 36.3 Å². The molecule has 23 heavy (non-hydrogen) atoms. The molecule has 1 aliphatic heterocycles. The third kappa shape index (κ3) is 3.18. The highest BCUT2D eigenvalue weighted by atomic mass is 16.6. The Hall–Kier alpha value is -2.83. The summed E-state index contributed by atoms with van der Waals surface area (Å²) in [5.74, 6) is 1.81. The monoisotopic (exact) mass is 312 g/mol. The number of amides is 1. The van der Waals surface area contributed by atoms with Crippen LogP contribution in [0, 0.1) is 0 Å². The average Bonchev–Trinajstić information content (AvgIpc) is 3.39. The first kappa shape index (κ1) is 13.8. The van der Waals surface area contributed by atoms with Crippen molar-refractivity contribution < 1.29 is 14.3 Å². The van der Waals surface area contributed by atoms with Crippen molar-refractivity contribution in [1.82, 2.24) is 15.3 Å². The van der Waals surface area contributed by atoms with Gasteiger partial charge < -0.3 is 20.1 Å². The summed E-state index contributed by atoms with van der Waals surface area (Å²) in [6.07, 6.45) is 3.46. The van der Waals surface area contributed by atoms with Crippen molar-refractivity contribution in [1.29, 1.82) is 0 Å². The maximum atomic E-state index is 12.0. The fourth-order valence-corrected chi connectivity index (χ4v) is 2.31. The van der Waals surface area contributed by atoms with E-state index in [2.05, 4.69) is 20.6 Å². The number of carbonyl (C=O) groups excluding carboxylic acids is 1. The first-order chi connectivity index (χ1) is 11.3. The minimum absolute atomic E-state index is 0.167. The number of aromatic nitrogens is 2. The van der Waals surface area contributed by atoms with Crippen molar-refractivity contribution in [2.24, 2.45) is 0 Å². The van der Waals surface area contributed by atoms with E-state index in [4.69, 9.17) is 9.47 Å². The number of hydrogen-bond acceptors (Lipinski definition) is 6. The summed E-state index contributed by atoms with van der Waals surface area (Å²) < 4.78 is 11.0. The predicted molar refractivity (Wildman–Crippen MR) is 83.2 cm³/mol. The van der Waals surface area contributed by atoms with E-state index in [1.807, 2.05) is 18.2 Å². The van der Waals surface area contributed by atoms with Crippen LogP contribution in [0.5, 0.6) is 11.5 Å². The van der Waals surface area contributed by atoms with E-state index in [1.165, 1.54) is 6.33 Å². The molecule has 0 bridgehead atoms. The predicted octanol–water partition coefficient (Wildman–Crippen LogP) is 1.88. The topological polar surface area (TPSA) is 85.4 Å². The Morgan fingerprint density at radius 3 is 2.74 bits per heavy atom. The van der Waals surface area contributed by atoms with Crippen LogP contribution >= 0.6 is 0 Å². The SMILES string of the molecule is O=C(NC1CC1)c1cc(Nc2ccc3c(c2)OCCO3)ncn1. The Labute approximate surface area is 133 Å². The molecule has 2 aliphatic rings. The van der Waals surface area contributed by atoms with Gasteiger partial charge in [-0.2, -0.15) is 0 Å². The molecule has 1 fully saturated rings. The van der Waals surface area contributed by atoms with Crippen LogP contribution in [0.15, 0.2) is 30.6 Å². The molecule has 7 nitrogen and oxygen atoms in total. The molecular weight excluding hydrogens is 296 g/mol. The zero-order chi connectivity index (χ0) is 15.6. The molecule has 1 aromatic carbocycles. The second-order valence-corrected chi connectivity index (χ2v) is 5.52. The van der Waals surface area contributed by atoms with Gasteiger partial charge >= 0.3 is 0 Å².